The SMILES string of the molecule is CCCc1c(-c2nc(-c3cnn(-c4ccc(Cl)cc4F)c3N)no2)nnn1Cc1cccc(Br)c1. The van der Waals surface area contributed by atoms with E-state index in [4.69, 9.17) is 21.9 Å². The van der Waals surface area contributed by atoms with Crippen molar-refractivity contribution in [2.24, 2.45) is 0 Å². The van der Waals surface area contributed by atoms with Gasteiger partial charge in [-0.2, -0.15) is 10.1 Å². The molecule has 9 nitrogen and oxygen atoms in total. The van der Waals surface area contributed by atoms with E-state index in [-0.39, 0.29) is 28.2 Å². The molecule has 0 saturated heterocycles. The van der Waals surface area contributed by atoms with Crippen molar-refractivity contribution >= 4 is 33.3 Å². The van der Waals surface area contributed by atoms with Gasteiger partial charge in [0.05, 0.1) is 24.0 Å². The second-order valence-corrected chi connectivity index (χ2v) is 9.15. The van der Waals surface area contributed by atoms with Crippen LogP contribution in [0.4, 0.5) is 10.2 Å². The van der Waals surface area contributed by atoms with E-state index in [0.717, 1.165) is 28.6 Å². The van der Waals surface area contributed by atoms with Gasteiger partial charge in [-0.05, 0) is 42.3 Å². The average molecular weight is 558 g/mol. The molecule has 0 fully saturated rings. The largest absolute Gasteiger partial charge is 0.383 e. The molecule has 0 bridgehead atoms. The van der Waals surface area contributed by atoms with E-state index in [2.05, 4.69) is 48.4 Å². The summed E-state index contributed by atoms with van der Waals surface area (Å²) in [6.45, 7) is 2.62. The average Bonchev–Trinajstić information content (AvgIpc) is 3.54. The molecule has 5 rings (SSSR count). The van der Waals surface area contributed by atoms with Crippen LogP contribution in [0.15, 0.2) is 57.7 Å². The molecule has 12 heteroatoms. The molecule has 2 N–H and O–H groups in total. The van der Waals surface area contributed by atoms with Gasteiger partial charge in [-0.1, -0.05) is 63.4 Å². The number of nitrogen functional groups attached to an aromatic ring is 1. The Kier molecular flexibility index (Phi) is 6.35. The van der Waals surface area contributed by atoms with E-state index in [9.17, 15) is 4.39 Å². The summed E-state index contributed by atoms with van der Waals surface area (Å²) in [5.74, 6) is 0.0282. The van der Waals surface area contributed by atoms with Gasteiger partial charge in [0.25, 0.3) is 5.89 Å². The molecule has 0 amide bonds. The van der Waals surface area contributed by atoms with E-state index < -0.39 is 5.82 Å². The van der Waals surface area contributed by atoms with Crippen LogP contribution in [-0.2, 0) is 13.0 Å². The summed E-state index contributed by atoms with van der Waals surface area (Å²) < 4.78 is 24.0. The lowest BCUT2D eigenvalue weighted by Gasteiger charge is -2.07. The van der Waals surface area contributed by atoms with E-state index in [1.165, 1.54) is 23.0 Å². The molecule has 35 heavy (non-hydrogen) atoms. The second kappa shape index (κ2) is 9.59. The van der Waals surface area contributed by atoms with Crippen molar-refractivity contribution in [1.29, 1.82) is 0 Å². The van der Waals surface area contributed by atoms with Crippen LogP contribution in [0.25, 0.3) is 28.7 Å². The molecule has 0 radical (unpaired) electrons. The fraction of sp³-hybridized carbons (Fsp3) is 0.174. The van der Waals surface area contributed by atoms with Crippen LogP contribution in [0.5, 0.6) is 0 Å². The van der Waals surface area contributed by atoms with Crippen LogP contribution in [0, 0.1) is 5.82 Å². The Balaban J connectivity index is 1.47. The van der Waals surface area contributed by atoms with Crippen LogP contribution in [-0.4, -0.2) is 34.9 Å². The Morgan fingerprint density at radius 2 is 2.06 bits per heavy atom. The van der Waals surface area contributed by atoms with Gasteiger partial charge in [0.1, 0.15) is 17.3 Å². The summed E-state index contributed by atoms with van der Waals surface area (Å²) in [4.78, 5) is 4.48. The lowest BCUT2D eigenvalue weighted by atomic mass is 10.2. The first kappa shape index (κ1) is 23.2. The molecule has 5 aromatic rings. The number of aromatic nitrogens is 7. The van der Waals surface area contributed by atoms with E-state index in [0.29, 0.717) is 17.8 Å². The summed E-state index contributed by atoms with van der Waals surface area (Å²) in [6.07, 6.45) is 3.06. The van der Waals surface area contributed by atoms with Crippen molar-refractivity contribution < 1.29 is 8.91 Å². The first-order valence-corrected chi connectivity index (χ1v) is 11.9. The molecule has 0 spiro atoms. The van der Waals surface area contributed by atoms with Crippen LogP contribution >= 0.6 is 27.5 Å². The minimum Gasteiger partial charge on any atom is -0.383 e. The number of anilines is 1. The Hall–Kier alpha value is -3.57. The molecule has 0 aliphatic heterocycles. The molecule has 0 atom stereocenters. The molecule has 0 aliphatic carbocycles. The lowest BCUT2D eigenvalue weighted by molar-refractivity contribution is 0.430. The van der Waals surface area contributed by atoms with Gasteiger partial charge in [-0.3, -0.25) is 0 Å². The van der Waals surface area contributed by atoms with E-state index >= 15 is 0 Å². The van der Waals surface area contributed by atoms with Crippen LogP contribution in [0.2, 0.25) is 5.02 Å². The van der Waals surface area contributed by atoms with Gasteiger partial charge < -0.3 is 10.3 Å². The zero-order valence-electron chi connectivity index (χ0n) is 18.5. The molecule has 0 saturated carbocycles. The van der Waals surface area contributed by atoms with Gasteiger partial charge in [0, 0.05) is 9.50 Å². The third-order valence-corrected chi connectivity index (χ3v) is 6.09. The second-order valence-electron chi connectivity index (χ2n) is 7.80. The van der Waals surface area contributed by atoms with Gasteiger partial charge in [0.15, 0.2) is 5.69 Å². The maximum atomic E-state index is 14.4. The highest BCUT2D eigenvalue weighted by atomic mass is 79.9. The Morgan fingerprint density at radius 1 is 1.20 bits per heavy atom. The number of hydrogen-bond donors (Lipinski definition) is 1. The Labute approximate surface area is 212 Å². The van der Waals surface area contributed by atoms with Gasteiger partial charge in [-0.15, -0.1) is 5.10 Å². The molecular weight excluding hydrogens is 539 g/mol. The third kappa shape index (κ3) is 4.56. The number of rotatable bonds is 7. The smallest absolute Gasteiger partial charge is 0.280 e. The van der Waals surface area contributed by atoms with Crippen molar-refractivity contribution in [3.8, 4) is 28.7 Å². The highest BCUT2D eigenvalue weighted by Crippen LogP contribution is 2.30. The maximum Gasteiger partial charge on any atom is 0.280 e. The van der Waals surface area contributed by atoms with Gasteiger partial charge >= 0.3 is 0 Å². The summed E-state index contributed by atoms with van der Waals surface area (Å²) in [5, 5.41) is 17.2. The molecular formula is C23H19BrClFN8O. The number of nitrogens with two attached hydrogens (primary N) is 1. The van der Waals surface area contributed by atoms with Crippen molar-refractivity contribution in [3.05, 3.63) is 75.2 Å². The van der Waals surface area contributed by atoms with Crippen molar-refractivity contribution in [2.45, 2.75) is 26.3 Å². The molecule has 3 aromatic heterocycles. The van der Waals surface area contributed by atoms with Crippen LogP contribution < -0.4 is 5.73 Å². The van der Waals surface area contributed by atoms with Gasteiger partial charge in [0.2, 0.25) is 5.82 Å². The summed E-state index contributed by atoms with van der Waals surface area (Å²) >= 11 is 9.35. The molecule has 2 aromatic carbocycles. The molecule has 0 aliphatic rings. The Bertz CT molecular complexity index is 1510. The van der Waals surface area contributed by atoms with Crippen molar-refractivity contribution in [3.63, 3.8) is 0 Å². The van der Waals surface area contributed by atoms with E-state index in [1.54, 1.807) is 6.07 Å². The minimum atomic E-state index is -0.557. The third-order valence-electron chi connectivity index (χ3n) is 5.36. The number of halogens is 3. The predicted molar refractivity (Wildman–Crippen MR) is 132 cm³/mol. The van der Waals surface area contributed by atoms with Crippen LogP contribution in [0.3, 0.4) is 0 Å². The Morgan fingerprint density at radius 3 is 2.83 bits per heavy atom. The first-order chi connectivity index (χ1) is 16.9. The molecule has 0 unspecified atom stereocenters. The van der Waals surface area contributed by atoms with Crippen LogP contribution in [0.1, 0.15) is 24.6 Å². The lowest BCUT2D eigenvalue weighted by Crippen LogP contribution is -2.07. The summed E-state index contributed by atoms with van der Waals surface area (Å²) in [7, 11) is 0. The monoisotopic (exact) mass is 556 g/mol. The quantitative estimate of drug-likeness (QED) is 0.288. The molecule has 178 valence electrons. The zero-order chi connectivity index (χ0) is 24.5. The maximum absolute atomic E-state index is 14.4. The standard InChI is InChI=1S/C23H19BrClFN8O/c1-2-4-19-20(30-32-33(19)12-13-5-3-6-14(24)9-13)23-29-22(31-35-23)16-11-28-34(21(16)27)18-8-7-15(25)10-17(18)26/h3,5-11H,2,4,12,27H2,1H3. The van der Waals surface area contributed by atoms with E-state index in [1.807, 2.05) is 28.9 Å². The molecule has 3 heterocycles. The predicted octanol–water partition coefficient (Wildman–Crippen LogP) is 5.32. The highest BCUT2D eigenvalue weighted by Gasteiger charge is 2.23. The number of hydrogen-bond acceptors (Lipinski definition) is 7. The van der Waals surface area contributed by atoms with Crippen molar-refractivity contribution in [2.75, 3.05) is 5.73 Å². The van der Waals surface area contributed by atoms with Crippen molar-refractivity contribution in [1.82, 2.24) is 34.9 Å². The first-order valence-electron chi connectivity index (χ1n) is 10.7. The summed E-state index contributed by atoms with van der Waals surface area (Å²) in [5.41, 5.74) is 9.27. The fourth-order valence-corrected chi connectivity index (χ4v) is 4.33. The minimum absolute atomic E-state index is 0.155. The topological polar surface area (TPSA) is 113 Å². The number of benzene rings is 2. The van der Waals surface area contributed by atoms with Gasteiger partial charge in [-0.25, -0.2) is 13.8 Å². The number of nitrogens with zero attached hydrogens (tertiary/aromatic N) is 7. The zero-order valence-corrected chi connectivity index (χ0v) is 20.8. The normalized spacial score (nSPS) is 11.3. The summed E-state index contributed by atoms with van der Waals surface area (Å²) in [6, 6.07) is 12.2. The highest BCUT2D eigenvalue weighted by molar-refractivity contribution is 9.10. The fourth-order valence-electron chi connectivity index (χ4n) is 3.72.